The van der Waals surface area contributed by atoms with Gasteiger partial charge >= 0.3 is 49.6 Å². The number of aromatic nitrogens is 1. The molecule has 3 nitrogen and oxygen atoms in total. The molecule has 90 valence electrons. The number of thioether (sulfide) groups is 1. The molecule has 0 aliphatic carbocycles. The fourth-order valence-electron chi connectivity index (χ4n) is 0.785. The maximum absolute atomic E-state index is 4.89. The van der Waals surface area contributed by atoms with E-state index in [1.54, 1.807) is 6.20 Å². The van der Waals surface area contributed by atoms with Crippen molar-refractivity contribution in [2.24, 2.45) is 10.2 Å². The minimum atomic E-state index is 0.0650. The van der Waals surface area contributed by atoms with Crippen LogP contribution in [-0.4, -0.2) is 21.3 Å². The first-order valence-corrected chi connectivity index (χ1v) is 24.2. The predicted molar refractivity (Wildman–Crippen MR) is 92.8 cm³/mol. The normalized spacial score (nSPS) is 11.3. The summed E-state index contributed by atoms with van der Waals surface area (Å²) < 4.78 is 0.528. The van der Waals surface area contributed by atoms with Gasteiger partial charge in [-0.25, -0.2) is 0 Å². The number of nitrogens with zero attached hydrogens (tertiary/aromatic N) is 3. The molecule has 8 heteroatoms. The molecule has 0 aromatic carbocycles. The number of hydrogen-bond acceptors (Lipinski definition) is 5. The maximum atomic E-state index is 4.89. The Hall–Kier alpha value is 1.14. The molecule has 0 saturated carbocycles. The summed E-state index contributed by atoms with van der Waals surface area (Å²) in [6, 6.07) is 5.66. The average Bonchev–Trinajstić information content (AvgIpc) is 2.37. The molecule has 1 aromatic rings. The molecular weight excluding hydrogens is 533 g/mol. The second-order valence-electron chi connectivity index (χ2n) is 2.57. The zero-order chi connectivity index (χ0) is 13.1. The molecule has 0 aliphatic heterocycles. The van der Waals surface area contributed by atoms with Gasteiger partial charge < -0.3 is 12.6 Å². The third-order valence-corrected chi connectivity index (χ3v) is 2.50. The molecule has 0 aliphatic rings. The Labute approximate surface area is 140 Å². The molecule has 0 bridgehead atoms. The Morgan fingerprint density at radius 1 is 1.41 bits per heavy atom. The second kappa shape index (κ2) is 12.2. The SMILES string of the molecule is CSC([S-])=NN=C(C)c1ccccn1.[I][Zn][I]. The summed E-state index contributed by atoms with van der Waals surface area (Å²) in [7, 11) is 0.0650. The van der Waals surface area contributed by atoms with E-state index in [-0.39, 0.29) is 10.1 Å². The van der Waals surface area contributed by atoms with Crippen molar-refractivity contribution in [3.8, 4) is 0 Å². The van der Waals surface area contributed by atoms with E-state index in [2.05, 4.69) is 54.7 Å². The van der Waals surface area contributed by atoms with Crippen molar-refractivity contribution >= 4 is 74.0 Å². The first-order valence-electron chi connectivity index (χ1n) is 4.52. The van der Waals surface area contributed by atoms with E-state index in [0.717, 1.165) is 11.4 Å². The van der Waals surface area contributed by atoms with Crippen molar-refractivity contribution in [3.05, 3.63) is 30.1 Å². The van der Waals surface area contributed by atoms with Crippen LogP contribution in [0, 0.1) is 0 Å². The monoisotopic (exact) mass is 542 g/mol. The van der Waals surface area contributed by atoms with Crippen LogP contribution in [0.2, 0.25) is 0 Å². The summed E-state index contributed by atoms with van der Waals surface area (Å²) in [4.78, 5) is 4.14. The topological polar surface area (TPSA) is 37.6 Å². The molecular formula is C9H10I2N3S2Zn-. The van der Waals surface area contributed by atoms with E-state index in [1.807, 2.05) is 31.4 Å². The van der Waals surface area contributed by atoms with Crippen LogP contribution < -0.4 is 0 Å². The Morgan fingerprint density at radius 2 is 2.06 bits per heavy atom. The summed E-state index contributed by atoms with van der Waals surface area (Å²) in [5.41, 5.74) is 1.59. The fraction of sp³-hybridized carbons (Fsp3) is 0.222. The van der Waals surface area contributed by atoms with Crippen molar-refractivity contribution < 1.29 is 10.1 Å². The summed E-state index contributed by atoms with van der Waals surface area (Å²) >= 11 is 11.2. The van der Waals surface area contributed by atoms with Crippen LogP contribution in [0.1, 0.15) is 12.6 Å². The van der Waals surface area contributed by atoms with Crippen molar-refractivity contribution in [1.82, 2.24) is 4.98 Å². The first kappa shape index (κ1) is 18.1. The fourth-order valence-corrected chi connectivity index (χ4v) is 0.948. The van der Waals surface area contributed by atoms with E-state index < -0.39 is 0 Å². The summed E-state index contributed by atoms with van der Waals surface area (Å²) in [6.45, 7) is 1.86. The third kappa shape index (κ3) is 9.69. The average molecular weight is 544 g/mol. The van der Waals surface area contributed by atoms with Gasteiger partial charge in [-0.3, -0.25) is 4.98 Å². The molecule has 0 unspecified atom stereocenters. The molecule has 0 amide bonds. The number of pyridine rings is 1. The minimum absolute atomic E-state index is 0.0650. The van der Waals surface area contributed by atoms with Gasteiger partial charge in [0.15, 0.2) is 0 Å². The van der Waals surface area contributed by atoms with Gasteiger partial charge in [0.2, 0.25) is 0 Å². The van der Waals surface area contributed by atoms with Gasteiger partial charge in [-0.2, -0.15) is 10.2 Å². The molecule has 0 saturated heterocycles. The van der Waals surface area contributed by atoms with Crippen LogP contribution in [-0.2, 0) is 22.7 Å². The van der Waals surface area contributed by atoms with Gasteiger partial charge in [0.25, 0.3) is 0 Å². The van der Waals surface area contributed by atoms with Crippen LogP contribution >= 0.6 is 51.3 Å². The van der Waals surface area contributed by atoms with E-state index in [4.69, 9.17) is 12.6 Å². The van der Waals surface area contributed by atoms with E-state index >= 15 is 0 Å². The van der Waals surface area contributed by atoms with Crippen LogP contribution in [0.3, 0.4) is 0 Å². The molecule has 0 atom stereocenters. The van der Waals surface area contributed by atoms with Gasteiger partial charge in [0.1, 0.15) is 0 Å². The van der Waals surface area contributed by atoms with E-state index in [9.17, 15) is 0 Å². The zero-order valence-electron chi connectivity index (χ0n) is 9.43. The number of hydrogen-bond donors (Lipinski definition) is 0. The predicted octanol–water partition coefficient (Wildman–Crippen LogP) is 3.84. The van der Waals surface area contributed by atoms with E-state index in [1.165, 1.54) is 11.8 Å². The van der Waals surface area contributed by atoms with Gasteiger partial charge in [-0.05, 0) is 29.7 Å². The second-order valence-corrected chi connectivity index (χ2v) is 27.5. The number of rotatable bonds is 2. The molecule has 0 spiro atoms. The Balaban J connectivity index is 0.000000770. The molecule has 17 heavy (non-hydrogen) atoms. The molecule has 0 N–H and O–H groups in total. The van der Waals surface area contributed by atoms with Crippen LogP contribution in [0.4, 0.5) is 0 Å². The van der Waals surface area contributed by atoms with Crippen molar-refractivity contribution in [2.75, 3.05) is 6.26 Å². The van der Waals surface area contributed by atoms with Crippen molar-refractivity contribution in [2.45, 2.75) is 6.92 Å². The number of halogens is 2. The standard InChI is InChI=1S/C9H11N3S2.2HI.Zn/c1-7(11-12-9(13)14-2)8-5-3-4-6-10-8;;;/h3-6H,1-2H3,(H,12,13);2*1H;/q;;;+2/p-3. The molecule has 0 fully saturated rings. The van der Waals surface area contributed by atoms with Crippen LogP contribution in [0.5, 0.6) is 0 Å². The summed E-state index contributed by atoms with van der Waals surface area (Å²) in [5, 5.41) is 7.84. The Morgan fingerprint density at radius 3 is 2.53 bits per heavy atom. The molecule has 1 aromatic heterocycles. The van der Waals surface area contributed by atoms with Crippen LogP contribution in [0.15, 0.2) is 34.6 Å². The Kier molecular flexibility index (Phi) is 13.0. The molecule has 1 heterocycles. The summed E-state index contributed by atoms with van der Waals surface area (Å²) in [6.07, 6.45) is 3.60. The van der Waals surface area contributed by atoms with Crippen LogP contribution in [0.25, 0.3) is 0 Å². The quantitative estimate of drug-likeness (QED) is 0.142. The first-order chi connectivity index (χ1) is 8.15. The van der Waals surface area contributed by atoms with E-state index in [0.29, 0.717) is 4.38 Å². The van der Waals surface area contributed by atoms with Gasteiger partial charge in [-0.1, -0.05) is 6.07 Å². The third-order valence-electron chi connectivity index (χ3n) is 1.49. The zero-order valence-corrected chi connectivity index (χ0v) is 18.3. The molecule has 1 rings (SSSR count). The van der Waals surface area contributed by atoms with Crippen molar-refractivity contribution in [3.63, 3.8) is 0 Å². The van der Waals surface area contributed by atoms with Crippen molar-refractivity contribution in [1.29, 1.82) is 0 Å². The Bertz CT molecular complexity index is 374. The van der Waals surface area contributed by atoms with Gasteiger partial charge in [0, 0.05) is 6.20 Å². The molecule has 0 radical (unpaired) electrons. The van der Waals surface area contributed by atoms with Gasteiger partial charge in [0.05, 0.1) is 11.4 Å². The summed E-state index contributed by atoms with van der Waals surface area (Å²) in [5.74, 6) is 0. The van der Waals surface area contributed by atoms with Gasteiger partial charge in [-0.15, -0.1) is 11.8 Å².